The lowest BCUT2D eigenvalue weighted by Gasteiger charge is -2.14. The quantitative estimate of drug-likeness (QED) is 0.515. The van der Waals surface area contributed by atoms with E-state index in [9.17, 15) is 4.79 Å². The molecule has 1 fully saturated rings. The lowest BCUT2D eigenvalue weighted by molar-refractivity contribution is -0.126. The number of rotatable bonds is 3. The van der Waals surface area contributed by atoms with Crippen LogP contribution in [0.25, 0.3) is 0 Å². The molecule has 0 aromatic heterocycles. The van der Waals surface area contributed by atoms with Gasteiger partial charge in [-0.25, -0.2) is 0 Å². The third-order valence-electron chi connectivity index (χ3n) is 1.80. The van der Waals surface area contributed by atoms with Gasteiger partial charge in [0.1, 0.15) is 20.1 Å². The van der Waals surface area contributed by atoms with Gasteiger partial charge in [0.2, 0.25) is 0 Å². The summed E-state index contributed by atoms with van der Waals surface area (Å²) in [5.41, 5.74) is 0. The third kappa shape index (κ3) is 1.68. The molecule has 1 rings (SSSR count). The lowest BCUT2D eigenvalue weighted by Crippen LogP contribution is -2.32. The van der Waals surface area contributed by atoms with E-state index in [2.05, 4.69) is 0 Å². The molecule has 2 radical (unpaired) electrons. The van der Waals surface area contributed by atoms with Crippen molar-refractivity contribution in [2.45, 2.75) is 18.2 Å². The summed E-state index contributed by atoms with van der Waals surface area (Å²) in [5.74, 6) is -0.223. The van der Waals surface area contributed by atoms with Gasteiger partial charge < -0.3 is 14.2 Å². The summed E-state index contributed by atoms with van der Waals surface area (Å²) in [5, 5.41) is 0. The van der Waals surface area contributed by atoms with Gasteiger partial charge in [-0.15, -0.1) is 0 Å². The van der Waals surface area contributed by atoms with Crippen LogP contribution in [0, 0.1) is 0 Å². The van der Waals surface area contributed by atoms with Crippen LogP contribution in [-0.2, 0) is 19.0 Å². The van der Waals surface area contributed by atoms with Crippen LogP contribution in [0.4, 0.5) is 0 Å². The average molecular weight is 170 g/mol. The van der Waals surface area contributed by atoms with Gasteiger partial charge in [-0.05, 0) is 0 Å². The Morgan fingerprint density at radius 2 is 2.25 bits per heavy atom. The summed E-state index contributed by atoms with van der Waals surface area (Å²) in [7, 11) is 8.34. The molecule has 0 spiro atoms. The van der Waals surface area contributed by atoms with Crippen LogP contribution in [0.2, 0.25) is 0 Å². The molecule has 0 aliphatic carbocycles. The largest absolute Gasteiger partial charge is 0.382 e. The van der Waals surface area contributed by atoms with Crippen LogP contribution in [0.3, 0.4) is 0 Å². The van der Waals surface area contributed by atoms with Crippen molar-refractivity contribution in [3.63, 3.8) is 0 Å². The first kappa shape index (κ1) is 9.70. The van der Waals surface area contributed by atoms with Gasteiger partial charge in [0, 0.05) is 14.2 Å². The molecule has 1 aliphatic heterocycles. The van der Waals surface area contributed by atoms with Crippen LogP contribution >= 0.6 is 0 Å². The number of hydrogen-bond donors (Lipinski definition) is 0. The maximum absolute atomic E-state index is 11.2. The summed E-state index contributed by atoms with van der Waals surface area (Å²) < 4.78 is 14.9. The van der Waals surface area contributed by atoms with E-state index in [0.29, 0.717) is 6.61 Å². The highest BCUT2D eigenvalue weighted by Gasteiger charge is 2.40. The Morgan fingerprint density at radius 3 is 2.75 bits per heavy atom. The molecule has 0 amide bonds. The molecule has 1 aliphatic rings. The molecule has 4 nitrogen and oxygen atoms in total. The molecule has 66 valence electrons. The van der Waals surface area contributed by atoms with E-state index in [1.165, 1.54) is 14.2 Å². The summed E-state index contributed by atoms with van der Waals surface area (Å²) in [6, 6.07) is -0.866. The smallest absolute Gasteiger partial charge is 0.183 e. The van der Waals surface area contributed by atoms with Gasteiger partial charge in [0.15, 0.2) is 5.78 Å². The van der Waals surface area contributed by atoms with Crippen molar-refractivity contribution in [3.8, 4) is 0 Å². The van der Waals surface area contributed by atoms with Crippen LogP contribution < -0.4 is 0 Å². The second-order valence-electron chi connectivity index (χ2n) is 2.61. The molecule has 1 unspecified atom stereocenters. The topological polar surface area (TPSA) is 44.8 Å². The first-order valence-electron chi connectivity index (χ1n) is 3.67. The first-order valence-corrected chi connectivity index (χ1v) is 3.67. The minimum absolute atomic E-state index is 0.223. The van der Waals surface area contributed by atoms with Crippen molar-refractivity contribution in [2.24, 2.45) is 0 Å². The van der Waals surface area contributed by atoms with Gasteiger partial charge in [0.25, 0.3) is 0 Å². The SMILES string of the molecule is [B][C@@H]1O[C@H](COC)C(OC)C1=O. The summed E-state index contributed by atoms with van der Waals surface area (Å²) in [6.45, 7) is 0.317. The molecule has 3 atom stereocenters. The van der Waals surface area contributed by atoms with Gasteiger partial charge in [-0.1, -0.05) is 0 Å². The molecule has 0 aromatic rings. The highest BCUT2D eigenvalue weighted by Crippen LogP contribution is 2.17. The molecule has 0 aromatic carbocycles. The van der Waals surface area contributed by atoms with Gasteiger partial charge in [0.05, 0.1) is 12.6 Å². The Kier molecular flexibility index (Phi) is 3.25. The van der Waals surface area contributed by atoms with Gasteiger partial charge in [-0.2, -0.15) is 0 Å². The lowest BCUT2D eigenvalue weighted by atomic mass is 9.95. The number of ether oxygens (including phenoxy) is 3. The number of carbonyl (C=O) groups excluding carboxylic acids is 1. The van der Waals surface area contributed by atoms with Crippen LogP contribution in [0.5, 0.6) is 0 Å². The first-order chi connectivity index (χ1) is 5.70. The van der Waals surface area contributed by atoms with Crippen LogP contribution in [0.15, 0.2) is 0 Å². The average Bonchev–Trinajstić information content (AvgIpc) is 2.29. The Morgan fingerprint density at radius 1 is 1.58 bits per heavy atom. The number of methoxy groups -OCH3 is 2. The van der Waals surface area contributed by atoms with Crippen molar-refractivity contribution in [1.29, 1.82) is 0 Å². The van der Waals surface area contributed by atoms with E-state index in [1.54, 1.807) is 0 Å². The van der Waals surface area contributed by atoms with E-state index in [1.807, 2.05) is 0 Å². The normalized spacial score (nSPS) is 35.8. The zero-order chi connectivity index (χ0) is 9.14. The van der Waals surface area contributed by atoms with Gasteiger partial charge in [-0.3, -0.25) is 4.79 Å². The molecule has 0 saturated carbocycles. The van der Waals surface area contributed by atoms with Crippen molar-refractivity contribution in [2.75, 3.05) is 20.8 Å². The van der Waals surface area contributed by atoms with E-state index < -0.39 is 12.1 Å². The molecular weight excluding hydrogens is 159 g/mol. The highest BCUT2D eigenvalue weighted by atomic mass is 16.6. The third-order valence-corrected chi connectivity index (χ3v) is 1.80. The molecule has 0 bridgehead atoms. The highest BCUT2D eigenvalue weighted by molar-refractivity contribution is 6.25. The summed E-state index contributed by atoms with van der Waals surface area (Å²) in [4.78, 5) is 11.2. The predicted octanol–water partition coefficient (Wildman–Crippen LogP) is -0.890. The minimum atomic E-state index is -0.866. The maximum Gasteiger partial charge on any atom is 0.183 e. The Bertz CT molecular complexity index is 173. The second-order valence-corrected chi connectivity index (χ2v) is 2.61. The number of carbonyl (C=O) groups is 1. The van der Waals surface area contributed by atoms with Crippen LogP contribution in [-0.4, -0.2) is 52.7 Å². The Labute approximate surface area is 72.6 Å². The van der Waals surface area contributed by atoms with Crippen molar-refractivity contribution < 1.29 is 19.0 Å². The number of Topliss-reactive ketones (excluding diaryl/α,β-unsaturated/α-hetero) is 1. The molecular formula is C7H11BO4. The fraction of sp³-hybridized carbons (Fsp3) is 0.857. The fourth-order valence-corrected chi connectivity index (χ4v) is 1.23. The molecule has 1 saturated heterocycles. The molecule has 12 heavy (non-hydrogen) atoms. The van der Waals surface area contributed by atoms with E-state index >= 15 is 0 Å². The van der Waals surface area contributed by atoms with E-state index in [0.717, 1.165) is 0 Å². The Balaban J connectivity index is 2.58. The predicted molar refractivity (Wildman–Crippen MR) is 42.1 cm³/mol. The standard InChI is InChI=1S/C7H11BO4/c1-10-3-4-6(11-2)5(9)7(8)12-4/h4,6-7H,3H2,1-2H3/t4-,6?,7-/m1/s1. The minimum Gasteiger partial charge on any atom is -0.382 e. The fourth-order valence-electron chi connectivity index (χ4n) is 1.23. The zero-order valence-electron chi connectivity index (χ0n) is 7.15. The van der Waals surface area contributed by atoms with Crippen LogP contribution in [0.1, 0.15) is 0 Å². The van der Waals surface area contributed by atoms with E-state index in [-0.39, 0.29) is 11.9 Å². The Hall–Kier alpha value is -0.385. The number of ketones is 1. The summed E-state index contributed by atoms with van der Waals surface area (Å²) >= 11 is 0. The maximum atomic E-state index is 11.2. The number of hydrogen-bond acceptors (Lipinski definition) is 4. The molecule has 1 heterocycles. The van der Waals surface area contributed by atoms with Crippen molar-refractivity contribution in [3.05, 3.63) is 0 Å². The van der Waals surface area contributed by atoms with Crippen molar-refractivity contribution >= 4 is 13.6 Å². The van der Waals surface area contributed by atoms with Crippen molar-refractivity contribution in [1.82, 2.24) is 0 Å². The second kappa shape index (κ2) is 4.02. The summed E-state index contributed by atoms with van der Waals surface area (Å²) in [6.07, 6.45) is -0.956. The monoisotopic (exact) mass is 170 g/mol. The van der Waals surface area contributed by atoms with Gasteiger partial charge >= 0.3 is 0 Å². The molecule has 5 heteroatoms. The molecule has 0 N–H and O–H groups in total. The van der Waals surface area contributed by atoms with E-state index in [4.69, 9.17) is 22.1 Å². The zero-order valence-corrected chi connectivity index (χ0v) is 7.15.